The summed E-state index contributed by atoms with van der Waals surface area (Å²) in [6, 6.07) is 4.80. The van der Waals surface area contributed by atoms with E-state index in [9.17, 15) is 4.39 Å². The van der Waals surface area contributed by atoms with E-state index >= 15 is 0 Å². The first-order valence-electron chi connectivity index (χ1n) is 3.61. The van der Waals surface area contributed by atoms with Gasteiger partial charge < -0.3 is 0 Å². The maximum Gasteiger partial charge on any atom is 0.203 e. The van der Waals surface area contributed by atoms with Crippen molar-refractivity contribution in [1.82, 2.24) is 9.36 Å². The maximum atomic E-state index is 12.9. The van der Waals surface area contributed by atoms with Gasteiger partial charge in [-0.05, 0) is 45.7 Å². The molecule has 72 valence electrons. The lowest BCUT2D eigenvalue weighted by atomic mass is 10.2. The van der Waals surface area contributed by atoms with Crippen LogP contribution in [0.4, 0.5) is 4.39 Å². The van der Waals surface area contributed by atoms with E-state index in [2.05, 4.69) is 25.3 Å². The van der Waals surface area contributed by atoms with Crippen LogP contribution in [0.3, 0.4) is 0 Å². The number of halogens is 3. The smallest absolute Gasteiger partial charge is 0.203 e. The average Bonchev–Trinajstić information content (AvgIpc) is 2.57. The summed E-state index contributed by atoms with van der Waals surface area (Å²) in [5.74, 6) is -0.270. The second-order valence-electron chi connectivity index (χ2n) is 2.50. The molecule has 1 aromatic carbocycles. The molecular weight excluding hydrogens is 382 g/mol. The van der Waals surface area contributed by atoms with Gasteiger partial charge in [0.15, 0.2) is 0 Å². The van der Waals surface area contributed by atoms with Gasteiger partial charge in [-0.3, -0.25) is 0 Å². The monoisotopic (exact) mass is 384 g/mol. The number of benzene rings is 1. The van der Waals surface area contributed by atoms with Crippen molar-refractivity contribution in [3.8, 4) is 10.6 Å². The molecule has 0 aliphatic carbocycles. The van der Waals surface area contributed by atoms with Crippen LogP contribution in [0.1, 0.15) is 0 Å². The van der Waals surface area contributed by atoms with Crippen LogP contribution in [0.2, 0.25) is 0 Å². The van der Waals surface area contributed by atoms with Crippen LogP contribution in [0.5, 0.6) is 0 Å². The fourth-order valence-electron chi connectivity index (χ4n) is 0.952. The summed E-state index contributed by atoms with van der Waals surface area (Å²) < 4.78 is 18.1. The van der Waals surface area contributed by atoms with Gasteiger partial charge in [0.2, 0.25) is 3.83 Å². The van der Waals surface area contributed by atoms with Crippen molar-refractivity contribution >= 4 is 50.1 Å². The fourth-order valence-corrected chi connectivity index (χ4v) is 2.59. The molecule has 0 saturated carbocycles. The minimum Gasteiger partial charge on any atom is -0.210 e. The molecule has 0 amide bonds. The van der Waals surface area contributed by atoms with Gasteiger partial charge in [-0.25, -0.2) is 9.37 Å². The van der Waals surface area contributed by atoms with E-state index in [0.29, 0.717) is 8.30 Å². The Bertz CT molecular complexity index is 474. The highest BCUT2D eigenvalue weighted by Crippen LogP contribution is 2.26. The van der Waals surface area contributed by atoms with Gasteiger partial charge in [0.05, 0.1) is 4.47 Å². The van der Waals surface area contributed by atoms with E-state index in [4.69, 9.17) is 0 Å². The molecule has 2 nitrogen and oxygen atoms in total. The highest BCUT2D eigenvalue weighted by Gasteiger charge is 2.06. The summed E-state index contributed by atoms with van der Waals surface area (Å²) in [5, 5.41) is 0.801. The molecule has 0 saturated heterocycles. The molecule has 0 bridgehead atoms. The molecule has 1 aromatic heterocycles. The minimum absolute atomic E-state index is 0.270. The molecule has 0 atom stereocenters. The van der Waals surface area contributed by atoms with Crippen molar-refractivity contribution in [3.05, 3.63) is 32.3 Å². The molecular formula is C8H3BrFIN2S. The average molecular weight is 385 g/mol. The maximum absolute atomic E-state index is 12.9. The Hall–Kier alpha value is -0.0800. The Morgan fingerprint density at radius 3 is 2.79 bits per heavy atom. The third-order valence-electron chi connectivity index (χ3n) is 1.57. The number of hydrogen-bond donors (Lipinski definition) is 0. The molecule has 1 heterocycles. The lowest BCUT2D eigenvalue weighted by molar-refractivity contribution is 0.621. The van der Waals surface area contributed by atoms with Gasteiger partial charge in [0, 0.05) is 28.2 Å². The molecule has 14 heavy (non-hydrogen) atoms. The summed E-state index contributed by atoms with van der Waals surface area (Å²) in [7, 11) is 0. The summed E-state index contributed by atoms with van der Waals surface area (Å²) in [6.07, 6.45) is 0. The molecule has 0 unspecified atom stereocenters. The quantitative estimate of drug-likeness (QED) is 0.700. The second kappa shape index (κ2) is 4.19. The first kappa shape index (κ1) is 10.4. The Labute approximate surface area is 106 Å². The Morgan fingerprint density at radius 1 is 1.43 bits per heavy atom. The fraction of sp³-hybridized carbons (Fsp3) is 0. The zero-order valence-electron chi connectivity index (χ0n) is 6.67. The van der Waals surface area contributed by atoms with E-state index in [1.807, 2.05) is 22.6 Å². The van der Waals surface area contributed by atoms with E-state index in [1.54, 1.807) is 12.1 Å². The predicted octanol–water partition coefficient (Wildman–Crippen LogP) is 3.71. The summed E-state index contributed by atoms with van der Waals surface area (Å²) >= 11 is 6.48. The Balaban J connectivity index is 2.47. The van der Waals surface area contributed by atoms with Crippen LogP contribution in [0.15, 0.2) is 22.7 Å². The molecule has 0 radical (unpaired) electrons. The van der Waals surface area contributed by atoms with Crippen LogP contribution >= 0.6 is 50.1 Å². The molecule has 0 N–H and O–H groups in total. The zero-order valence-corrected chi connectivity index (χ0v) is 11.2. The van der Waals surface area contributed by atoms with Gasteiger partial charge in [0.1, 0.15) is 10.8 Å². The normalized spacial score (nSPS) is 10.5. The van der Waals surface area contributed by atoms with Crippen molar-refractivity contribution in [2.24, 2.45) is 0 Å². The molecule has 6 heteroatoms. The molecule has 0 aliphatic heterocycles. The molecule has 2 aromatic rings. The van der Waals surface area contributed by atoms with Crippen molar-refractivity contribution in [3.63, 3.8) is 0 Å². The first-order valence-corrected chi connectivity index (χ1v) is 6.26. The molecule has 0 aliphatic rings. The third kappa shape index (κ3) is 2.12. The van der Waals surface area contributed by atoms with Crippen LogP contribution in [-0.4, -0.2) is 9.36 Å². The van der Waals surface area contributed by atoms with Crippen LogP contribution in [0.25, 0.3) is 10.6 Å². The van der Waals surface area contributed by atoms with Gasteiger partial charge in [-0.2, -0.15) is 4.37 Å². The van der Waals surface area contributed by atoms with Crippen molar-refractivity contribution < 1.29 is 4.39 Å². The summed E-state index contributed by atoms with van der Waals surface area (Å²) in [5.41, 5.74) is 0.874. The van der Waals surface area contributed by atoms with Gasteiger partial charge in [-0.15, -0.1) is 0 Å². The lowest BCUT2D eigenvalue weighted by Gasteiger charge is -1.97. The lowest BCUT2D eigenvalue weighted by Crippen LogP contribution is -1.80. The van der Waals surface area contributed by atoms with E-state index in [-0.39, 0.29) is 5.82 Å². The first-order chi connectivity index (χ1) is 6.66. The number of nitrogens with zero attached hydrogens (tertiary/aromatic N) is 2. The molecule has 0 spiro atoms. The highest BCUT2D eigenvalue weighted by molar-refractivity contribution is 14.1. The SMILES string of the molecule is Fc1ccc(-c2nc(I)ns2)cc1Br. The standard InChI is InChI=1S/C8H3BrFIN2S/c9-5-3-4(1-2-6(5)10)7-12-8(11)13-14-7/h1-3H. The van der Waals surface area contributed by atoms with Crippen LogP contribution in [0, 0.1) is 9.65 Å². The van der Waals surface area contributed by atoms with Gasteiger partial charge >= 0.3 is 0 Å². The van der Waals surface area contributed by atoms with Crippen LogP contribution < -0.4 is 0 Å². The summed E-state index contributed by atoms with van der Waals surface area (Å²) in [4.78, 5) is 4.20. The third-order valence-corrected chi connectivity index (χ3v) is 3.75. The van der Waals surface area contributed by atoms with Gasteiger partial charge in [-0.1, -0.05) is 0 Å². The topological polar surface area (TPSA) is 25.8 Å². The van der Waals surface area contributed by atoms with Crippen molar-refractivity contribution in [2.45, 2.75) is 0 Å². The Kier molecular flexibility index (Phi) is 3.13. The molecule has 2 rings (SSSR count). The van der Waals surface area contributed by atoms with E-state index < -0.39 is 0 Å². The Morgan fingerprint density at radius 2 is 2.21 bits per heavy atom. The van der Waals surface area contributed by atoms with Crippen LogP contribution in [-0.2, 0) is 0 Å². The molecule has 0 fully saturated rings. The predicted molar refractivity (Wildman–Crippen MR) is 65.7 cm³/mol. The van der Waals surface area contributed by atoms with Gasteiger partial charge in [0.25, 0.3) is 0 Å². The summed E-state index contributed by atoms with van der Waals surface area (Å²) in [6.45, 7) is 0. The van der Waals surface area contributed by atoms with E-state index in [1.165, 1.54) is 17.6 Å². The largest absolute Gasteiger partial charge is 0.210 e. The van der Waals surface area contributed by atoms with Crippen molar-refractivity contribution in [1.29, 1.82) is 0 Å². The van der Waals surface area contributed by atoms with E-state index in [0.717, 1.165) is 10.6 Å². The zero-order chi connectivity index (χ0) is 10.1. The minimum atomic E-state index is -0.270. The number of aromatic nitrogens is 2. The van der Waals surface area contributed by atoms with Crippen molar-refractivity contribution in [2.75, 3.05) is 0 Å². The highest BCUT2D eigenvalue weighted by atomic mass is 127. The second-order valence-corrected chi connectivity index (χ2v) is 5.07. The number of hydrogen-bond acceptors (Lipinski definition) is 3. The number of rotatable bonds is 1.